The molecule has 0 radical (unpaired) electrons. The fraction of sp³-hybridized carbons (Fsp3) is 0.286. The van der Waals surface area contributed by atoms with E-state index in [0.717, 1.165) is 33.5 Å². The molecule has 0 saturated carbocycles. The van der Waals surface area contributed by atoms with E-state index in [1.165, 1.54) is 4.31 Å². The fourth-order valence-electron chi connectivity index (χ4n) is 4.76. The number of hydrogen-bond acceptors (Lipinski definition) is 6. The van der Waals surface area contributed by atoms with E-state index in [1.807, 2.05) is 30.3 Å². The maximum absolute atomic E-state index is 13.1. The van der Waals surface area contributed by atoms with Crippen molar-refractivity contribution < 1.29 is 8.42 Å². The van der Waals surface area contributed by atoms with Crippen LogP contribution in [0, 0.1) is 13.8 Å². The second-order valence-corrected chi connectivity index (χ2v) is 11.8. The first-order valence-electron chi connectivity index (χ1n) is 12.3. The number of nitrogens with one attached hydrogen (secondary N) is 1. The van der Waals surface area contributed by atoms with Crippen molar-refractivity contribution in [1.29, 1.82) is 0 Å². The molecule has 3 aromatic carbocycles. The average Bonchev–Trinajstić information content (AvgIpc) is 2.90. The average molecular weight is 536 g/mol. The molecular weight excluding hydrogens is 506 g/mol. The third kappa shape index (κ3) is 5.20. The van der Waals surface area contributed by atoms with Gasteiger partial charge in [0.05, 0.1) is 16.5 Å². The molecule has 5 rings (SSSR count). The van der Waals surface area contributed by atoms with Crippen molar-refractivity contribution in [3.05, 3.63) is 88.7 Å². The molecule has 1 fully saturated rings. The van der Waals surface area contributed by atoms with Crippen LogP contribution >= 0.6 is 11.6 Å². The van der Waals surface area contributed by atoms with Gasteiger partial charge in [0.2, 0.25) is 10.0 Å². The molecule has 2 heterocycles. The SMILES string of the molecule is Cc1cccc(C)c1Nc1nc([C@H](C)N2CCN(S(=O)(=O)c3ccc(Cl)cc3)CC2)nc2ccccc12. The van der Waals surface area contributed by atoms with Gasteiger partial charge in [0.15, 0.2) is 0 Å². The summed E-state index contributed by atoms with van der Waals surface area (Å²) in [6.07, 6.45) is 0. The molecule has 37 heavy (non-hydrogen) atoms. The summed E-state index contributed by atoms with van der Waals surface area (Å²) in [5, 5.41) is 5.04. The first-order valence-corrected chi connectivity index (χ1v) is 14.2. The lowest BCUT2D eigenvalue weighted by Crippen LogP contribution is -2.49. The largest absolute Gasteiger partial charge is 0.339 e. The zero-order valence-electron chi connectivity index (χ0n) is 21.1. The quantitative estimate of drug-likeness (QED) is 0.340. The van der Waals surface area contributed by atoms with Crippen molar-refractivity contribution in [3.8, 4) is 0 Å². The minimum Gasteiger partial charge on any atom is -0.339 e. The van der Waals surface area contributed by atoms with Gasteiger partial charge in [0.1, 0.15) is 11.6 Å². The van der Waals surface area contributed by atoms with E-state index in [4.69, 9.17) is 21.6 Å². The Morgan fingerprint density at radius 3 is 2.19 bits per heavy atom. The monoisotopic (exact) mass is 535 g/mol. The number of fused-ring (bicyclic) bond motifs is 1. The lowest BCUT2D eigenvalue weighted by atomic mass is 10.1. The minimum atomic E-state index is -3.56. The fourth-order valence-corrected chi connectivity index (χ4v) is 6.31. The summed E-state index contributed by atoms with van der Waals surface area (Å²) in [5.74, 6) is 1.48. The van der Waals surface area contributed by atoms with E-state index >= 15 is 0 Å². The van der Waals surface area contributed by atoms with Crippen molar-refractivity contribution in [2.24, 2.45) is 0 Å². The van der Waals surface area contributed by atoms with Crippen LogP contribution in [0.1, 0.15) is 29.9 Å². The molecule has 1 aliphatic rings. The van der Waals surface area contributed by atoms with Crippen LogP contribution in [0.2, 0.25) is 5.02 Å². The molecule has 1 saturated heterocycles. The summed E-state index contributed by atoms with van der Waals surface area (Å²) in [6, 6.07) is 20.5. The van der Waals surface area contributed by atoms with Crippen LogP contribution in [-0.4, -0.2) is 53.8 Å². The number of anilines is 2. The number of para-hydroxylation sites is 2. The molecule has 1 aromatic heterocycles. The van der Waals surface area contributed by atoms with Gasteiger partial charge in [-0.15, -0.1) is 0 Å². The van der Waals surface area contributed by atoms with Gasteiger partial charge in [-0.2, -0.15) is 4.31 Å². The van der Waals surface area contributed by atoms with Crippen LogP contribution in [0.3, 0.4) is 0 Å². The number of halogens is 1. The van der Waals surface area contributed by atoms with Gasteiger partial charge in [-0.1, -0.05) is 41.9 Å². The van der Waals surface area contributed by atoms with Gasteiger partial charge < -0.3 is 5.32 Å². The van der Waals surface area contributed by atoms with Crippen LogP contribution < -0.4 is 5.32 Å². The molecule has 4 aromatic rings. The second-order valence-electron chi connectivity index (χ2n) is 9.41. The number of nitrogens with zero attached hydrogens (tertiary/aromatic N) is 4. The minimum absolute atomic E-state index is 0.0801. The number of sulfonamides is 1. The Morgan fingerprint density at radius 2 is 1.51 bits per heavy atom. The molecule has 9 heteroatoms. The highest BCUT2D eigenvalue weighted by atomic mass is 35.5. The highest BCUT2D eigenvalue weighted by Crippen LogP contribution is 2.30. The third-order valence-electron chi connectivity index (χ3n) is 6.99. The first kappa shape index (κ1) is 25.6. The standard InChI is InChI=1S/C28H30ClN5O2S/c1-19-7-6-8-20(2)26(19)31-28-24-9-4-5-10-25(24)30-27(32-28)21(3)33-15-17-34(18-16-33)37(35,36)23-13-11-22(29)12-14-23/h4-14,21H,15-18H2,1-3H3,(H,30,31,32)/t21-/m0/s1. The predicted molar refractivity (Wildman–Crippen MR) is 149 cm³/mol. The Bertz CT molecular complexity index is 1510. The first-order chi connectivity index (χ1) is 17.7. The third-order valence-corrected chi connectivity index (χ3v) is 9.16. The zero-order chi connectivity index (χ0) is 26.2. The Labute approximate surface area is 223 Å². The van der Waals surface area contributed by atoms with Gasteiger partial charge in [0.25, 0.3) is 0 Å². The number of aryl methyl sites for hydroxylation is 2. The highest BCUT2D eigenvalue weighted by molar-refractivity contribution is 7.89. The Balaban J connectivity index is 1.38. The van der Waals surface area contributed by atoms with E-state index in [2.05, 4.69) is 43.1 Å². The summed E-state index contributed by atoms with van der Waals surface area (Å²) in [6.45, 7) is 8.22. The molecular formula is C28H30ClN5O2S. The van der Waals surface area contributed by atoms with Crippen LogP contribution in [0.4, 0.5) is 11.5 Å². The molecule has 0 amide bonds. The van der Waals surface area contributed by atoms with Gasteiger partial charge >= 0.3 is 0 Å². The van der Waals surface area contributed by atoms with E-state index in [1.54, 1.807) is 24.3 Å². The topological polar surface area (TPSA) is 78.4 Å². The number of hydrogen-bond donors (Lipinski definition) is 1. The summed E-state index contributed by atoms with van der Waals surface area (Å²) in [4.78, 5) is 12.4. The van der Waals surface area contributed by atoms with Crippen LogP contribution in [0.25, 0.3) is 10.9 Å². The Kier molecular flexibility index (Phi) is 7.18. The maximum Gasteiger partial charge on any atom is 0.243 e. The van der Waals surface area contributed by atoms with Crippen LogP contribution in [-0.2, 0) is 10.0 Å². The summed E-state index contributed by atoms with van der Waals surface area (Å²) in [5.41, 5.74) is 4.22. The number of benzene rings is 3. The number of rotatable bonds is 6. The summed E-state index contributed by atoms with van der Waals surface area (Å²) in [7, 11) is -3.56. The van der Waals surface area contributed by atoms with Crippen LogP contribution in [0.15, 0.2) is 71.6 Å². The molecule has 1 aliphatic heterocycles. The molecule has 0 unspecified atom stereocenters. The zero-order valence-corrected chi connectivity index (χ0v) is 22.7. The van der Waals surface area contributed by atoms with Crippen molar-refractivity contribution in [3.63, 3.8) is 0 Å². The highest BCUT2D eigenvalue weighted by Gasteiger charge is 2.31. The smallest absolute Gasteiger partial charge is 0.243 e. The Hall–Kier alpha value is -3.04. The molecule has 0 spiro atoms. The molecule has 0 aliphatic carbocycles. The lowest BCUT2D eigenvalue weighted by Gasteiger charge is -2.36. The van der Waals surface area contributed by atoms with Gasteiger partial charge in [-0.25, -0.2) is 18.4 Å². The van der Waals surface area contributed by atoms with Gasteiger partial charge in [-0.05, 0) is 68.3 Å². The predicted octanol–water partition coefficient (Wildman–Crippen LogP) is 5.71. The summed E-state index contributed by atoms with van der Waals surface area (Å²) < 4.78 is 27.7. The molecule has 192 valence electrons. The van der Waals surface area contributed by atoms with Crippen molar-refractivity contribution in [1.82, 2.24) is 19.2 Å². The summed E-state index contributed by atoms with van der Waals surface area (Å²) >= 11 is 5.94. The molecule has 1 atom stereocenters. The van der Waals surface area contributed by atoms with Gasteiger partial charge in [-0.3, -0.25) is 4.90 Å². The number of piperazine rings is 1. The van der Waals surface area contributed by atoms with Crippen LogP contribution in [0.5, 0.6) is 0 Å². The van der Waals surface area contributed by atoms with Gasteiger partial charge in [0, 0.05) is 42.3 Å². The molecule has 7 nitrogen and oxygen atoms in total. The second kappa shape index (κ2) is 10.4. The van der Waals surface area contributed by atoms with E-state index in [9.17, 15) is 8.42 Å². The van der Waals surface area contributed by atoms with E-state index in [0.29, 0.717) is 37.0 Å². The molecule has 1 N–H and O–H groups in total. The van der Waals surface area contributed by atoms with Crippen molar-refractivity contribution in [2.45, 2.75) is 31.7 Å². The lowest BCUT2D eigenvalue weighted by molar-refractivity contribution is 0.141. The molecule has 0 bridgehead atoms. The van der Waals surface area contributed by atoms with E-state index < -0.39 is 10.0 Å². The van der Waals surface area contributed by atoms with Crippen molar-refractivity contribution in [2.75, 3.05) is 31.5 Å². The van der Waals surface area contributed by atoms with Crippen molar-refractivity contribution >= 4 is 44.0 Å². The van der Waals surface area contributed by atoms with E-state index in [-0.39, 0.29) is 10.9 Å². The normalized spacial score (nSPS) is 16.1. The maximum atomic E-state index is 13.1. The Morgan fingerprint density at radius 1 is 0.865 bits per heavy atom. The number of aromatic nitrogens is 2.